The normalized spacial score (nSPS) is 33.0. The third kappa shape index (κ3) is 2.09. The third-order valence-corrected chi connectivity index (χ3v) is 4.34. The summed E-state index contributed by atoms with van der Waals surface area (Å²) in [4.78, 5) is 0. The number of nitrogens with one attached hydrogen (secondary N) is 1. The van der Waals surface area contributed by atoms with Crippen molar-refractivity contribution in [1.82, 2.24) is 5.32 Å². The Balaban J connectivity index is 1.93. The summed E-state index contributed by atoms with van der Waals surface area (Å²) in [6.45, 7) is -0.400. The van der Waals surface area contributed by atoms with Gasteiger partial charge in [0, 0.05) is 11.5 Å². The first-order valence-electron chi connectivity index (χ1n) is 6.26. The van der Waals surface area contributed by atoms with E-state index in [0.29, 0.717) is 6.04 Å². The Morgan fingerprint density at radius 2 is 2.00 bits per heavy atom. The minimum atomic E-state index is -2.34. The molecule has 2 saturated carbocycles. The lowest BCUT2D eigenvalue weighted by molar-refractivity contribution is -0.167. The van der Waals surface area contributed by atoms with Gasteiger partial charge in [0.15, 0.2) is 0 Å². The van der Waals surface area contributed by atoms with Crippen LogP contribution in [0, 0.1) is 5.41 Å². The first-order valence-corrected chi connectivity index (χ1v) is 6.26. The molecule has 2 nitrogen and oxygen atoms in total. The fraction of sp³-hybridized carbons (Fsp3) is 1.00. The lowest BCUT2D eigenvalue weighted by Crippen LogP contribution is -2.64. The highest BCUT2D eigenvalue weighted by Gasteiger charge is 2.55. The second-order valence-corrected chi connectivity index (χ2v) is 5.08. The van der Waals surface area contributed by atoms with Gasteiger partial charge in [0.1, 0.15) is 6.61 Å². The summed E-state index contributed by atoms with van der Waals surface area (Å²) in [5, 5.41) is 3.31. The second kappa shape index (κ2) is 4.96. The first-order chi connectivity index (χ1) is 7.69. The molecular formula is C12H21F2NO. The van der Waals surface area contributed by atoms with E-state index in [4.69, 9.17) is 4.74 Å². The zero-order valence-electron chi connectivity index (χ0n) is 9.85. The van der Waals surface area contributed by atoms with Crippen molar-refractivity contribution in [3.63, 3.8) is 0 Å². The van der Waals surface area contributed by atoms with Crippen molar-refractivity contribution in [2.75, 3.05) is 13.7 Å². The zero-order valence-corrected chi connectivity index (χ0v) is 9.85. The number of hydrogen-bond acceptors (Lipinski definition) is 2. The molecule has 2 fully saturated rings. The van der Waals surface area contributed by atoms with Crippen LogP contribution in [0.25, 0.3) is 0 Å². The molecule has 2 aliphatic carbocycles. The molecule has 94 valence electrons. The molecule has 2 atom stereocenters. The Hall–Kier alpha value is -0.220. The molecule has 0 radical (unpaired) electrons. The summed E-state index contributed by atoms with van der Waals surface area (Å²) in [6.07, 6.45) is 4.58. The molecule has 2 aliphatic rings. The first kappa shape index (κ1) is 12.2. The van der Waals surface area contributed by atoms with Gasteiger partial charge in [-0.15, -0.1) is 0 Å². The third-order valence-electron chi connectivity index (χ3n) is 4.34. The van der Waals surface area contributed by atoms with Gasteiger partial charge in [-0.3, -0.25) is 0 Å². The fourth-order valence-electron chi connectivity index (χ4n) is 3.46. The monoisotopic (exact) mass is 233 g/mol. The summed E-state index contributed by atoms with van der Waals surface area (Å²) in [5.74, 6) is 0. The molecule has 0 aromatic rings. The molecule has 0 saturated heterocycles. The molecule has 0 bridgehead atoms. The van der Waals surface area contributed by atoms with E-state index in [1.54, 1.807) is 0 Å². The van der Waals surface area contributed by atoms with Crippen molar-refractivity contribution >= 4 is 0 Å². The lowest BCUT2D eigenvalue weighted by atomic mass is 9.55. The van der Waals surface area contributed by atoms with Crippen LogP contribution in [-0.2, 0) is 4.74 Å². The molecule has 0 aliphatic heterocycles. The summed E-state index contributed by atoms with van der Waals surface area (Å²) < 4.78 is 29.7. The van der Waals surface area contributed by atoms with E-state index in [1.165, 1.54) is 19.3 Å². The molecular weight excluding hydrogens is 212 g/mol. The number of halogens is 2. The van der Waals surface area contributed by atoms with Crippen LogP contribution < -0.4 is 5.32 Å². The maximum Gasteiger partial charge on any atom is 0.261 e. The highest BCUT2D eigenvalue weighted by Crippen LogP contribution is 2.53. The molecule has 1 N–H and O–H groups in total. The Morgan fingerprint density at radius 3 is 2.56 bits per heavy atom. The second-order valence-electron chi connectivity index (χ2n) is 5.08. The molecule has 0 aromatic carbocycles. The lowest BCUT2D eigenvalue weighted by Gasteiger charge is -2.57. The molecule has 0 aromatic heterocycles. The van der Waals surface area contributed by atoms with Crippen LogP contribution in [0.4, 0.5) is 8.78 Å². The number of alkyl halides is 2. The van der Waals surface area contributed by atoms with Crippen LogP contribution >= 0.6 is 0 Å². The van der Waals surface area contributed by atoms with Gasteiger partial charge in [0.05, 0.1) is 6.10 Å². The molecule has 16 heavy (non-hydrogen) atoms. The number of ether oxygens (including phenoxy) is 1. The quantitative estimate of drug-likeness (QED) is 0.805. The predicted octanol–water partition coefficient (Wildman–Crippen LogP) is 2.58. The SMILES string of the molecule is CNC1CC(OCC(F)F)C12CCCCC2. The Labute approximate surface area is 95.7 Å². The largest absolute Gasteiger partial charge is 0.372 e. The summed E-state index contributed by atoms with van der Waals surface area (Å²) >= 11 is 0. The van der Waals surface area contributed by atoms with E-state index in [0.717, 1.165) is 19.3 Å². The van der Waals surface area contributed by atoms with Gasteiger partial charge in [-0.25, -0.2) is 8.78 Å². The van der Waals surface area contributed by atoms with Crippen molar-refractivity contribution in [2.24, 2.45) is 5.41 Å². The fourth-order valence-corrected chi connectivity index (χ4v) is 3.46. The highest BCUT2D eigenvalue weighted by atomic mass is 19.3. The van der Waals surface area contributed by atoms with Crippen LogP contribution in [0.1, 0.15) is 38.5 Å². The van der Waals surface area contributed by atoms with Crippen LogP contribution in [0.2, 0.25) is 0 Å². The Bertz CT molecular complexity index is 229. The van der Waals surface area contributed by atoms with Crippen molar-refractivity contribution in [3.8, 4) is 0 Å². The minimum Gasteiger partial charge on any atom is -0.372 e. The van der Waals surface area contributed by atoms with E-state index in [-0.39, 0.29) is 11.5 Å². The Kier molecular flexibility index (Phi) is 3.80. The van der Waals surface area contributed by atoms with Crippen molar-refractivity contribution < 1.29 is 13.5 Å². The predicted molar refractivity (Wildman–Crippen MR) is 58.7 cm³/mol. The van der Waals surface area contributed by atoms with Crippen molar-refractivity contribution in [2.45, 2.75) is 57.1 Å². The van der Waals surface area contributed by atoms with Gasteiger partial charge < -0.3 is 10.1 Å². The molecule has 4 heteroatoms. The van der Waals surface area contributed by atoms with Gasteiger partial charge in [-0.1, -0.05) is 19.3 Å². The zero-order chi connectivity index (χ0) is 11.6. The van der Waals surface area contributed by atoms with Crippen molar-refractivity contribution in [1.29, 1.82) is 0 Å². The molecule has 0 heterocycles. The van der Waals surface area contributed by atoms with Gasteiger partial charge in [-0.05, 0) is 26.3 Å². The minimum absolute atomic E-state index is 0.0549. The van der Waals surface area contributed by atoms with Crippen LogP contribution in [0.5, 0.6) is 0 Å². The molecule has 0 amide bonds. The van der Waals surface area contributed by atoms with Crippen LogP contribution in [0.15, 0.2) is 0 Å². The van der Waals surface area contributed by atoms with Crippen LogP contribution in [-0.4, -0.2) is 32.2 Å². The molecule has 2 unspecified atom stereocenters. The van der Waals surface area contributed by atoms with E-state index >= 15 is 0 Å². The average molecular weight is 233 g/mol. The summed E-state index contributed by atoms with van der Waals surface area (Å²) in [7, 11) is 1.96. The number of hydrogen-bond donors (Lipinski definition) is 1. The van der Waals surface area contributed by atoms with Gasteiger partial charge >= 0.3 is 0 Å². The Morgan fingerprint density at radius 1 is 1.31 bits per heavy atom. The van der Waals surface area contributed by atoms with Gasteiger partial charge in [-0.2, -0.15) is 0 Å². The van der Waals surface area contributed by atoms with E-state index < -0.39 is 13.0 Å². The molecule has 1 spiro atoms. The summed E-state index contributed by atoms with van der Waals surface area (Å²) in [6, 6.07) is 0.468. The topological polar surface area (TPSA) is 21.3 Å². The van der Waals surface area contributed by atoms with Gasteiger partial charge in [0.25, 0.3) is 6.43 Å². The number of rotatable bonds is 4. The smallest absolute Gasteiger partial charge is 0.261 e. The molecule has 2 rings (SSSR count). The van der Waals surface area contributed by atoms with E-state index in [2.05, 4.69) is 5.32 Å². The maximum absolute atomic E-state index is 12.1. The summed E-state index contributed by atoms with van der Waals surface area (Å²) in [5.41, 5.74) is 0.155. The van der Waals surface area contributed by atoms with E-state index in [1.807, 2.05) is 7.05 Å². The highest BCUT2D eigenvalue weighted by molar-refractivity contribution is 5.08. The van der Waals surface area contributed by atoms with E-state index in [9.17, 15) is 8.78 Å². The van der Waals surface area contributed by atoms with Crippen LogP contribution in [0.3, 0.4) is 0 Å². The standard InChI is InChI=1S/C12H21F2NO/c1-15-9-7-10(16-8-11(13)14)12(9)5-3-2-4-6-12/h9-11,15H,2-8H2,1H3. The average Bonchev–Trinajstić information content (AvgIpc) is 2.28. The maximum atomic E-state index is 12.1. The van der Waals surface area contributed by atoms with Crippen molar-refractivity contribution in [3.05, 3.63) is 0 Å². The van der Waals surface area contributed by atoms with Gasteiger partial charge in [0.2, 0.25) is 0 Å².